The Balaban J connectivity index is 2.29. The highest BCUT2D eigenvalue weighted by molar-refractivity contribution is 7.99. The molecule has 2 fully saturated rings. The fraction of sp³-hybridized carbons (Fsp3) is 0.792. The second-order valence-corrected chi connectivity index (χ2v) is 14.1. The number of fused-ring (bicyclic) bond motifs is 1. The minimum Gasteiger partial charge on any atom is -0.481 e. The van der Waals surface area contributed by atoms with Gasteiger partial charge in [0.2, 0.25) is 5.16 Å². The van der Waals surface area contributed by atoms with Crippen LogP contribution in [0.5, 0.6) is 0 Å². The van der Waals surface area contributed by atoms with Crippen molar-refractivity contribution < 1.29 is 38.1 Å². The number of halogens is 2. The number of ether oxygens (including phenoxy) is 1. The molecule has 0 aliphatic heterocycles. The van der Waals surface area contributed by atoms with Crippen LogP contribution < -0.4 is 5.32 Å². The summed E-state index contributed by atoms with van der Waals surface area (Å²) in [5, 5.41) is 29.1. The molecule has 0 saturated heterocycles. The molecular weight excluding hydrogens is 510 g/mol. The molecule has 1 aromatic rings. The van der Waals surface area contributed by atoms with Gasteiger partial charge in [-0.05, 0) is 37.5 Å². The van der Waals surface area contributed by atoms with E-state index in [1.165, 1.54) is 0 Å². The van der Waals surface area contributed by atoms with Gasteiger partial charge in [0.1, 0.15) is 5.60 Å². The maximum Gasteiger partial charge on any atom is 0.408 e. The Morgan fingerprint density at radius 3 is 2.03 bits per heavy atom. The minimum absolute atomic E-state index is 0.0492. The molecule has 37 heavy (non-hydrogen) atoms. The van der Waals surface area contributed by atoms with Crippen LogP contribution in [-0.2, 0) is 14.3 Å². The number of carbonyl (C=O) groups excluding carboxylic acids is 1. The molecule has 1 aromatic heterocycles. The van der Waals surface area contributed by atoms with Gasteiger partial charge in [0, 0.05) is 16.6 Å². The molecule has 10 nitrogen and oxygen atoms in total. The van der Waals surface area contributed by atoms with E-state index in [9.17, 15) is 33.4 Å². The SMILES string of the molecule is CC(C)(C)OC(=O)N[C@@]1(C(=O)O)C(C(C)(C)C)[C@H](Sc2n[nH]c(C(F)F)n2)[C@@H]2[C@@H](C(=O)O)[C@]21C(C)(C)C. The number of aromatic nitrogens is 3. The van der Waals surface area contributed by atoms with Crippen LogP contribution in [-0.4, -0.2) is 59.8 Å². The molecule has 1 unspecified atom stereocenters. The summed E-state index contributed by atoms with van der Waals surface area (Å²) in [6, 6.07) is 0. The van der Waals surface area contributed by atoms with E-state index in [-0.39, 0.29) is 5.16 Å². The summed E-state index contributed by atoms with van der Waals surface area (Å²) in [4.78, 5) is 43.1. The standard InChI is InChI=1S/C24H36F2N4O6S/c1-20(2,3)13-12(37-18-27-15(14(25)26)29-30-18)10-11(16(31)32)23(10,21(4,5)6)24(13,17(33)34)28-19(35)36-22(7,8)9/h10-14H,1-9H3,(H,28,35)(H,31,32)(H,33,34)(H,27,29,30)/t10-,11-,12+,13?,23-,24+/m0/s1. The number of nitrogens with one attached hydrogen (secondary N) is 2. The molecule has 0 radical (unpaired) electrons. The summed E-state index contributed by atoms with van der Waals surface area (Å²) in [7, 11) is 0. The minimum atomic E-state index is -2.89. The lowest BCUT2D eigenvalue weighted by atomic mass is 9.57. The summed E-state index contributed by atoms with van der Waals surface area (Å²) in [6.45, 7) is 15.6. The van der Waals surface area contributed by atoms with Crippen LogP contribution in [0.15, 0.2) is 5.16 Å². The number of nitrogens with zero attached hydrogens (tertiary/aromatic N) is 2. The number of aliphatic carboxylic acids is 2. The van der Waals surface area contributed by atoms with E-state index in [2.05, 4.69) is 20.5 Å². The monoisotopic (exact) mass is 546 g/mol. The van der Waals surface area contributed by atoms with E-state index in [0.29, 0.717) is 0 Å². The summed E-state index contributed by atoms with van der Waals surface area (Å²) < 4.78 is 31.8. The third-order valence-electron chi connectivity index (χ3n) is 7.47. The van der Waals surface area contributed by atoms with Crippen LogP contribution in [0.2, 0.25) is 0 Å². The highest BCUT2D eigenvalue weighted by Gasteiger charge is 2.92. The number of hydrogen-bond donors (Lipinski definition) is 4. The van der Waals surface area contributed by atoms with Gasteiger partial charge >= 0.3 is 18.0 Å². The Labute approximate surface area is 218 Å². The van der Waals surface area contributed by atoms with Crippen LogP contribution in [0.3, 0.4) is 0 Å². The molecule has 0 bridgehead atoms. The number of hydrogen-bond acceptors (Lipinski definition) is 7. The number of thioether (sulfide) groups is 1. The van der Waals surface area contributed by atoms with Gasteiger partial charge in [-0.2, -0.15) is 0 Å². The maximum absolute atomic E-state index is 13.4. The van der Waals surface area contributed by atoms with Crippen molar-refractivity contribution in [2.45, 2.75) is 90.3 Å². The molecule has 1 heterocycles. The number of carbonyl (C=O) groups is 3. The lowest BCUT2D eigenvalue weighted by molar-refractivity contribution is -0.160. The van der Waals surface area contributed by atoms with E-state index < -0.39 is 80.7 Å². The lowest BCUT2D eigenvalue weighted by Gasteiger charge is -2.51. The highest BCUT2D eigenvalue weighted by atomic mass is 32.2. The normalized spacial score (nSPS) is 31.7. The summed E-state index contributed by atoms with van der Waals surface area (Å²) in [5.74, 6) is -5.95. The van der Waals surface area contributed by atoms with Gasteiger partial charge in [0.15, 0.2) is 11.4 Å². The van der Waals surface area contributed by atoms with Crippen LogP contribution in [0.4, 0.5) is 13.6 Å². The molecule has 6 atom stereocenters. The number of carboxylic acid groups (broad SMARTS) is 2. The Morgan fingerprint density at radius 2 is 1.65 bits per heavy atom. The van der Waals surface area contributed by atoms with Crippen molar-refractivity contribution in [3.8, 4) is 0 Å². The first-order chi connectivity index (χ1) is 16.6. The summed E-state index contributed by atoms with van der Waals surface area (Å²) in [6.07, 6.45) is -3.87. The molecule has 2 aliphatic rings. The smallest absolute Gasteiger partial charge is 0.408 e. The van der Waals surface area contributed by atoms with Gasteiger partial charge < -0.3 is 20.3 Å². The molecular formula is C24H36F2N4O6S. The number of aromatic amines is 1. The second kappa shape index (κ2) is 8.81. The van der Waals surface area contributed by atoms with Crippen LogP contribution in [0.25, 0.3) is 0 Å². The van der Waals surface area contributed by atoms with Gasteiger partial charge in [0.25, 0.3) is 6.43 Å². The maximum atomic E-state index is 13.4. The van der Waals surface area contributed by atoms with E-state index in [0.717, 1.165) is 11.8 Å². The highest BCUT2D eigenvalue weighted by Crippen LogP contribution is 2.83. The average Bonchev–Trinajstić information content (AvgIpc) is 3.07. The number of alkyl halides is 2. The number of carboxylic acids is 2. The molecule has 0 spiro atoms. The molecule has 208 valence electrons. The first-order valence-electron chi connectivity index (χ1n) is 12.0. The van der Waals surface area contributed by atoms with Crippen LogP contribution in [0.1, 0.15) is 74.6 Å². The predicted octanol–water partition coefficient (Wildman–Crippen LogP) is 4.59. The van der Waals surface area contributed by atoms with Crippen molar-refractivity contribution in [3.63, 3.8) is 0 Å². The average molecular weight is 547 g/mol. The number of rotatable bonds is 6. The molecule has 4 N–H and O–H groups in total. The fourth-order valence-electron chi connectivity index (χ4n) is 6.81. The Morgan fingerprint density at radius 1 is 1.08 bits per heavy atom. The zero-order chi connectivity index (χ0) is 28.5. The number of alkyl carbamates (subject to hydrolysis) is 1. The lowest BCUT2D eigenvalue weighted by Crippen LogP contribution is -2.70. The molecule has 13 heteroatoms. The zero-order valence-corrected chi connectivity index (χ0v) is 23.3. The van der Waals surface area contributed by atoms with E-state index >= 15 is 0 Å². The van der Waals surface area contributed by atoms with Crippen LogP contribution in [0, 0.1) is 34.0 Å². The quantitative estimate of drug-likeness (QED) is 0.401. The van der Waals surface area contributed by atoms with Gasteiger partial charge in [-0.1, -0.05) is 53.3 Å². The van der Waals surface area contributed by atoms with Gasteiger partial charge in [0.05, 0.1) is 5.92 Å². The van der Waals surface area contributed by atoms with Crippen molar-refractivity contribution >= 4 is 29.8 Å². The first-order valence-corrected chi connectivity index (χ1v) is 12.9. The van der Waals surface area contributed by atoms with Crippen molar-refractivity contribution in [1.82, 2.24) is 20.5 Å². The van der Waals surface area contributed by atoms with Crippen molar-refractivity contribution in [1.29, 1.82) is 0 Å². The Hall–Kier alpha value is -2.44. The second-order valence-electron chi connectivity index (χ2n) is 12.9. The number of amides is 1. The van der Waals surface area contributed by atoms with E-state index in [1.807, 2.05) is 0 Å². The third kappa shape index (κ3) is 4.46. The summed E-state index contributed by atoms with van der Waals surface area (Å²) >= 11 is 0.964. The third-order valence-corrected chi connectivity index (χ3v) is 8.70. The fourth-order valence-corrected chi connectivity index (χ4v) is 8.57. The molecule has 1 amide bonds. The predicted molar refractivity (Wildman–Crippen MR) is 130 cm³/mol. The molecule has 0 aromatic carbocycles. The van der Waals surface area contributed by atoms with E-state index in [1.54, 1.807) is 62.3 Å². The number of H-pyrrole nitrogens is 1. The van der Waals surface area contributed by atoms with Crippen LogP contribution >= 0.6 is 11.8 Å². The summed E-state index contributed by atoms with van der Waals surface area (Å²) in [5.41, 5.74) is -6.16. The molecule has 2 saturated carbocycles. The molecule has 3 rings (SSSR count). The van der Waals surface area contributed by atoms with Crippen molar-refractivity contribution in [3.05, 3.63) is 5.82 Å². The van der Waals surface area contributed by atoms with Gasteiger partial charge in [-0.15, -0.1) is 5.10 Å². The Bertz CT molecular complexity index is 1090. The Kier molecular flexibility index (Phi) is 6.93. The zero-order valence-electron chi connectivity index (χ0n) is 22.5. The largest absolute Gasteiger partial charge is 0.481 e. The first kappa shape index (κ1) is 29.1. The van der Waals surface area contributed by atoms with E-state index in [4.69, 9.17) is 4.74 Å². The van der Waals surface area contributed by atoms with Crippen molar-refractivity contribution in [2.24, 2.45) is 34.0 Å². The topological polar surface area (TPSA) is 154 Å². The molecule has 2 aliphatic carbocycles. The van der Waals surface area contributed by atoms with Crippen molar-refractivity contribution in [2.75, 3.05) is 0 Å². The van der Waals surface area contributed by atoms with Gasteiger partial charge in [-0.3, -0.25) is 9.89 Å². The van der Waals surface area contributed by atoms with Gasteiger partial charge in [-0.25, -0.2) is 23.4 Å².